The van der Waals surface area contributed by atoms with E-state index in [1.807, 2.05) is 0 Å². The fourth-order valence-corrected chi connectivity index (χ4v) is 3.28. The molecule has 9 heteroatoms. The number of hydrogen-bond donors (Lipinski definition) is 2. The smallest absolute Gasteiger partial charge is 0.234 e. The number of rotatable bonds is 9. The molecule has 0 radical (unpaired) electrons. The molecule has 0 aromatic carbocycles. The molecule has 0 spiro atoms. The fraction of sp³-hybridized carbons (Fsp3) is 0.824. The van der Waals surface area contributed by atoms with E-state index < -0.39 is 12.5 Å². The maximum Gasteiger partial charge on any atom is 0.234 e. The highest BCUT2D eigenvalue weighted by Crippen LogP contribution is 2.32. The van der Waals surface area contributed by atoms with Gasteiger partial charge in [-0.2, -0.15) is 15.0 Å². The predicted octanol–water partition coefficient (Wildman–Crippen LogP) is 1.42. The molecule has 1 aromatic heterocycles. The maximum atomic E-state index is 10.1. The molecule has 0 bridgehead atoms. The van der Waals surface area contributed by atoms with Crippen LogP contribution >= 0.6 is 0 Å². The van der Waals surface area contributed by atoms with Crippen LogP contribution in [0, 0.1) is 0 Å². The first-order valence-electron chi connectivity index (χ1n) is 9.11. The van der Waals surface area contributed by atoms with E-state index in [2.05, 4.69) is 15.0 Å². The third-order valence-corrected chi connectivity index (χ3v) is 4.49. The molecule has 0 aliphatic heterocycles. The molecular weight excluding hydrogens is 338 g/mol. The van der Waals surface area contributed by atoms with Crippen LogP contribution in [-0.2, 0) is 9.47 Å². The number of anilines is 2. The molecule has 2 rings (SSSR count). The Morgan fingerprint density at radius 3 is 1.96 bits per heavy atom. The van der Waals surface area contributed by atoms with E-state index in [0.29, 0.717) is 11.8 Å². The second-order valence-electron chi connectivity index (χ2n) is 6.67. The first kappa shape index (κ1) is 20.8. The average molecular weight is 369 g/mol. The van der Waals surface area contributed by atoms with Crippen molar-refractivity contribution >= 4 is 11.9 Å². The second-order valence-corrected chi connectivity index (χ2v) is 6.67. The topological polar surface area (TPSA) is 104 Å². The normalized spacial score (nSPS) is 17.8. The molecule has 1 saturated carbocycles. The molecular formula is C17H31N5O4. The highest BCUT2D eigenvalue weighted by Gasteiger charge is 2.26. The van der Waals surface area contributed by atoms with E-state index in [-0.39, 0.29) is 25.3 Å². The lowest BCUT2D eigenvalue weighted by Gasteiger charge is -2.30. The Bertz CT molecular complexity index is 538. The molecule has 9 nitrogen and oxygen atoms in total. The summed E-state index contributed by atoms with van der Waals surface area (Å²) in [5.41, 5.74) is 0. The highest BCUT2D eigenvalue weighted by molar-refractivity contribution is 5.40. The van der Waals surface area contributed by atoms with Crippen LogP contribution in [0.1, 0.15) is 57.7 Å². The number of nitrogens with zero attached hydrogens (tertiary/aromatic N) is 5. The maximum absolute atomic E-state index is 10.1. The van der Waals surface area contributed by atoms with Crippen molar-refractivity contribution in [1.82, 2.24) is 15.0 Å². The van der Waals surface area contributed by atoms with E-state index in [9.17, 15) is 10.2 Å². The van der Waals surface area contributed by atoms with E-state index in [4.69, 9.17) is 9.47 Å². The summed E-state index contributed by atoms with van der Waals surface area (Å²) in [6.07, 6.45) is 3.70. The van der Waals surface area contributed by atoms with Gasteiger partial charge in [-0.1, -0.05) is 19.3 Å². The lowest BCUT2D eigenvalue weighted by molar-refractivity contribution is 0.102. The van der Waals surface area contributed by atoms with E-state index >= 15 is 0 Å². The van der Waals surface area contributed by atoms with Crippen molar-refractivity contribution in [3.63, 3.8) is 0 Å². The average Bonchev–Trinajstić information content (AvgIpc) is 2.61. The quantitative estimate of drug-likeness (QED) is 0.625. The Balaban J connectivity index is 2.46. The summed E-state index contributed by atoms with van der Waals surface area (Å²) in [5.74, 6) is 1.59. The van der Waals surface area contributed by atoms with E-state index in [0.717, 1.165) is 25.7 Å². The van der Waals surface area contributed by atoms with Crippen LogP contribution in [0.4, 0.5) is 11.9 Å². The summed E-state index contributed by atoms with van der Waals surface area (Å²) in [7, 11) is 3.18. The molecule has 2 unspecified atom stereocenters. The van der Waals surface area contributed by atoms with Gasteiger partial charge >= 0.3 is 0 Å². The number of methoxy groups -OCH3 is 2. The summed E-state index contributed by atoms with van der Waals surface area (Å²) in [6, 6.07) is 0. The van der Waals surface area contributed by atoms with Gasteiger partial charge < -0.3 is 19.7 Å². The van der Waals surface area contributed by atoms with Crippen LogP contribution < -0.4 is 9.80 Å². The standard InChI is InChI=1S/C17H31N5O4/c1-12(23)22(13(2)24)17-19-15(14-8-6-5-7-9-14)18-16(20-17)21(10-25-3)11-26-4/h12-14,23-24H,5-11H2,1-4H3. The van der Waals surface area contributed by atoms with Crippen molar-refractivity contribution in [2.24, 2.45) is 0 Å². The summed E-state index contributed by atoms with van der Waals surface area (Å²) < 4.78 is 10.4. The molecule has 1 aromatic rings. The highest BCUT2D eigenvalue weighted by atomic mass is 16.5. The van der Waals surface area contributed by atoms with Crippen molar-refractivity contribution < 1.29 is 19.7 Å². The molecule has 0 saturated heterocycles. The van der Waals surface area contributed by atoms with Crippen molar-refractivity contribution in [1.29, 1.82) is 0 Å². The molecule has 1 heterocycles. The van der Waals surface area contributed by atoms with Gasteiger partial charge in [-0.3, -0.25) is 9.80 Å². The molecule has 1 aliphatic carbocycles. The minimum absolute atomic E-state index is 0.248. The lowest BCUT2D eigenvalue weighted by atomic mass is 9.89. The molecule has 26 heavy (non-hydrogen) atoms. The Kier molecular flexibility index (Phi) is 7.95. The van der Waals surface area contributed by atoms with Gasteiger partial charge in [0.25, 0.3) is 0 Å². The number of aliphatic hydroxyl groups excluding tert-OH is 2. The summed E-state index contributed by atoms with van der Waals surface area (Å²) in [5, 5.41) is 20.2. The van der Waals surface area contributed by atoms with E-state index in [1.165, 1.54) is 11.3 Å². The van der Waals surface area contributed by atoms with Crippen molar-refractivity contribution in [3.05, 3.63) is 5.82 Å². The zero-order valence-electron chi connectivity index (χ0n) is 16.1. The molecule has 148 valence electrons. The lowest BCUT2D eigenvalue weighted by Crippen LogP contribution is -2.42. The largest absolute Gasteiger partial charge is 0.374 e. The molecule has 2 atom stereocenters. The van der Waals surface area contributed by atoms with Gasteiger partial charge in [-0.25, -0.2) is 0 Å². The Morgan fingerprint density at radius 2 is 1.46 bits per heavy atom. The van der Waals surface area contributed by atoms with Crippen LogP contribution in [0.2, 0.25) is 0 Å². The van der Waals surface area contributed by atoms with Gasteiger partial charge in [-0.15, -0.1) is 0 Å². The van der Waals surface area contributed by atoms with Crippen molar-refractivity contribution in [2.45, 2.75) is 64.3 Å². The summed E-state index contributed by atoms with van der Waals surface area (Å²) >= 11 is 0. The predicted molar refractivity (Wildman–Crippen MR) is 97.7 cm³/mol. The van der Waals surface area contributed by atoms with Crippen molar-refractivity contribution in [3.8, 4) is 0 Å². The third-order valence-electron chi connectivity index (χ3n) is 4.49. The second kappa shape index (κ2) is 9.96. The SMILES string of the molecule is COCN(COC)c1nc(C2CCCCC2)nc(N(C(C)O)C(C)O)n1. The Labute approximate surface area is 155 Å². The van der Waals surface area contributed by atoms with Crippen LogP contribution in [0.15, 0.2) is 0 Å². The Morgan fingerprint density at radius 1 is 0.923 bits per heavy atom. The van der Waals surface area contributed by atoms with Gasteiger partial charge in [0.2, 0.25) is 11.9 Å². The number of ether oxygens (including phenoxy) is 2. The van der Waals surface area contributed by atoms with Gasteiger partial charge in [0.15, 0.2) is 0 Å². The number of aliphatic hydroxyl groups is 2. The molecule has 0 amide bonds. The zero-order valence-corrected chi connectivity index (χ0v) is 16.1. The molecule has 1 aliphatic rings. The number of aromatic nitrogens is 3. The summed E-state index contributed by atoms with van der Waals surface area (Å²) in [4.78, 5) is 16.8. The first-order chi connectivity index (χ1) is 12.5. The minimum Gasteiger partial charge on any atom is -0.374 e. The molecule has 1 fully saturated rings. The molecule has 2 N–H and O–H groups in total. The zero-order chi connectivity index (χ0) is 19.1. The van der Waals surface area contributed by atoms with Gasteiger partial charge in [-0.05, 0) is 26.7 Å². The van der Waals surface area contributed by atoms with Crippen molar-refractivity contribution in [2.75, 3.05) is 37.5 Å². The van der Waals surface area contributed by atoms with Gasteiger partial charge in [0.1, 0.15) is 31.7 Å². The Hall–Kier alpha value is -1.55. The van der Waals surface area contributed by atoms with E-state index in [1.54, 1.807) is 33.0 Å². The fourth-order valence-electron chi connectivity index (χ4n) is 3.28. The van der Waals surface area contributed by atoms with Crippen LogP contribution in [0.25, 0.3) is 0 Å². The van der Waals surface area contributed by atoms with Crippen LogP contribution in [0.5, 0.6) is 0 Å². The van der Waals surface area contributed by atoms with Gasteiger partial charge in [0, 0.05) is 20.1 Å². The van der Waals surface area contributed by atoms with Crippen LogP contribution in [0.3, 0.4) is 0 Å². The van der Waals surface area contributed by atoms with Gasteiger partial charge in [0.05, 0.1) is 0 Å². The first-order valence-corrected chi connectivity index (χ1v) is 9.11. The minimum atomic E-state index is -0.942. The monoisotopic (exact) mass is 369 g/mol. The number of hydrogen-bond acceptors (Lipinski definition) is 9. The third kappa shape index (κ3) is 5.23. The van der Waals surface area contributed by atoms with Crippen LogP contribution in [-0.4, -0.2) is 65.3 Å². The summed E-state index contributed by atoms with van der Waals surface area (Å²) in [6.45, 7) is 3.65.